The van der Waals surface area contributed by atoms with Crippen molar-refractivity contribution in [3.63, 3.8) is 0 Å². The van der Waals surface area contributed by atoms with Crippen LogP contribution in [0.5, 0.6) is 5.75 Å². The van der Waals surface area contributed by atoms with Gasteiger partial charge in [-0.1, -0.05) is 30.3 Å². The van der Waals surface area contributed by atoms with Gasteiger partial charge < -0.3 is 24.8 Å². The Bertz CT molecular complexity index is 868. The number of ether oxygens (including phenoxy) is 2. The van der Waals surface area contributed by atoms with Gasteiger partial charge in [0.25, 0.3) is 5.91 Å². The highest BCUT2D eigenvalue weighted by Gasteiger charge is 2.34. The van der Waals surface area contributed by atoms with Crippen molar-refractivity contribution in [1.29, 1.82) is 0 Å². The summed E-state index contributed by atoms with van der Waals surface area (Å²) in [6.45, 7) is 0.302. The number of methoxy groups -OCH3 is 1. The highest BCUT2D eigenvalue weighted by Crippen LogP contribution is 2.20. The maximum Gasteiger partial charge on any atom is 0.334 e. The normalized spacial score (nSPS) is 17.3. The third kappa shape index (κ3) is 4.91. The van der Waals surface area contributed by atoms with Crippen LogP contribution in [0.25, 0.3) is 0 Å². The summed E-state index contributed by atoms with van der Waals surface area (Å²) >= 11 is 0. The summed E-state index contributed by atoms with van der Waals surface area (Å²) in [6.07, 6.45) is -1.08. The molecule has 0 aliphatic carbocycles. The Balaban J connectivity index is 1.82. The van der Waals surface area contributed by atoms with Crippen molar-refractivity contribution < 1.29 is 29.0 Å². The molecule has 1 fully saturated rings. The molecule has 1 heterocycles. The molecule has 8 nitrogen and oxygen atoms in total. The van der Waals surface area contributed by atoms with E-state index in [-0.39, 0.29) is 25.6 Å². The predicted molar refractivity (Wildman–Crippen MR) is 104 cm³/mol. The van der Waals surface area contributed by atoms with Gasteiger partial charge in [0, 0.05) is 12.1 Å². The molecular formula is C21H22N2O6. The molecular weight excluding hydrogens is 376 g/mol. The molecule has 2 aromatic carbocycles. The summed E-state index contributed by atoms with van der Waals surface area (Å²) in [5.74, 6) is -1.31. The molecule has 152 valence electrons. The van der Waals surface area contributed by atoms with Crippen molar-refractivity contribution in [1.82, 2.24) is 10.2 Å². The first-order valence-corrected chi connectivity index (χ1v) is 9.12. The van der Waals surface area contributed by atoms with Gasteiger partial charge >= 0.3 is 5.97 Å². The number of morpholine rings is 1. The van der Waals surface area contributed by atoms with Crippen molar-refractivity contribution in [2.75, 3.05) is 26.8 Å². The van der Waals surface area contributed by atoms with E-state index in [0.717, 1.165) is 0 Å². The zero-order valence-electron chi connectivity index (χ0n) is 15.9. The molecule has 2 amide bonds. The van der Waals surface area contributed by atoms with Crippen LogP contribution in [0.15, 0.2) is 54.6 Å². The first-order valence-electron chi connectivity index (χ1n) is 9.12. The molecule has 0 bridgehead atoms. The number of nitrogens with one attached hydrogen (secondary N) is 1. The van der Waals surface area contributed by atoms with Crippen LogP contribution in [-0.4, -0.2) is 60.7 Å². The second kappa shape index (κ2) is 9.20. The Morgan fingerprint density at radius 3 is 2.45 bits per heavy atom. The van der Waals surface area contributed by atoms with Crippen LogP contribution in [0.3, 0.4) is 0 Å². The van der Waals surface area contributed by atoms with Crippen LogP contribution in [0.4, 0.5) is 0 Å². The summed E-state index contributed by atoms with van der Waals surface area (Å²) in [4.78, 5) is 38.6. The second-order valence-electron chi connectivity index (χ2n) is 6.53. The number of carboxylic acids is 1. The van der Waals surface area contributed by atoms with E-state index < -0.39 is 24.0 Å². The maximum atomic E-state index is 13.2. The van der Waals surface area contributed by atoms with E-state index in [0.29, 0.717) is 16.9 Å². The molecule has 29 heavy (non-hydrogen) atoms. The zero-order chi connectivity index (χ0) is 20.8. The fraction of sp³-hybridized carbons (Fsp3) is 0.286. The summed E-state index contributed by atoms with van der Waals surface area (Å²) in [5, 5.41) is 12.0. The Kier molecular flexibility index (Phi) is 6.46. The quantitative estimate of drug-likeness (QED) is 0.764. The van der Waals surface area contributed by atoms with Crippen molar-refractivity contribution in [3.8, 4) is 5.75 Å². The monoisotopic (exact) mass is 398 g/mol. The lowest BCUT2D eigenvalue weighted by atomic mass is 10.0. The molecule has 0 saturated carbocycles. The largest absolute Gasteiger partial charge is 0.497 e. The number of aliphatic carboxylic acids is 1. The minimum Gasteiger partial charge on any atom is -0.497 e. The molecule has 2 atom stereocenters. The Morgan fingerprint density at radius 2 is 1.83 bits per heavy atom. The standard InChI is InChI=1S/C21H22N2O6/c1-28-16-9-7-15(8-10-16)19(24)22-18(14-5-3-2-4-6-14)20(25)23-11-12-29-17(13-23)21(26)27/h2-10,17-18H,11-13H2,1H3,(H,22,24)(H,26,27). The van der Waals surface area contributed by atoms with Crippen LogP contribution in [0.2, 0.25) is 0 Å². The molecule has 3 rings (SSSR count). The van der Waals surface area contributed by atoms with Crippen LogP contribution in [-0.2, 0) is 14.3 Å². The van der Waals surface area contributed by atoms with Gasteiger partial charge in [-0.2, -0.15) is 0 Å². The molecule has 1 saturated heterocycles. The average Bonchev–Trinajstić information content (AvgIpc) is 2.77. The van der Waals surface area contributed by atoms with E-state index in [2.05, 4.69) is 5.32 Å². The van der Waals surface area contributed by atoms with Gasteiger partial charge in [0.2, 0.25) is 5.91 Å². The average molecular weight is 398 g/mol. The summed E-state index contributed by atoms with van der Waals surface area (Å²) < 4.78 is 10.3. The number of carboxylic acid groups (broad SMARTS) is 1. The number of carbonyl (C=O) groups excluding carboxylic acids is 2. The number of benzene rings is 2. The van der Waals surface area contributed by atoms with Crippen LogP contribution in [0.1, 0.15) is 22.0 Å². The number of amides is 2. The topological polar surface area (TPSA) is 105 Å². The number of rotatable bonds is 6. The first-order chi connectivity index (χ1) is 14.0. The molecule has 0 aromatic heterocycles. The SMILES string of the molecule is COc1ccc(C(=O)NC(C(=O)N2CCOC(C(=O)O)C2)c2ccccc2)cc1. The highest BCUT2D eigenvalue weighted by atomic mass is 16.5. The molecule has 1 aliphatic heterocycles. The Labute approximate surface area is 168 Å². The Morgan fingerprint density at radius 1 is 1.14 bits per heavy atom. The fourth-order valence-electron chi connectivity index (χ4n) is 3.07. The second-order valence-corrected chi connectivity index (χ2v) is 6.53. The number of hydrogen-bond donors (Lipinski definition) is 2. The van der Waals surface area contributed by atoms with E-state index in [9.17, 15) is 19.5 Å². The molecule has 1 aliphatic rings. The maximum absolute atomic E-state index is 13.2. The highest BCUT2D eigenvalue weighted by molar-refractivity contribution is 5.98. The molecule has 2 aromatic rings. The molecule has 2 N–H and O–H groups in total. The van der Waals surface area contributed by atoms with Crippen LogP contribution < -0.4 is 10.1 Å². The van der Waals surface area contributed by atoms with Gasteiger partial charge in [-0.25, -0.2) is 4.79 Å². The number of hydrogen-bond acceptors (Lipinski definition) is 5. The summed E-state index contributed by atoms with van der Waals surface area (Å²) in [5.41, 5.74) is 0.989. The number of nitrogens with zero attached hydrogens (tertiary/aromatic N) is 1. The number of carbonyl (C=O) groups is 3. The van der Waals surface area contributed by atoms with Crippen molar-refractivity contribution in [2.45, 2.75) is 12.1 Å². The lowest BCUT2D eigenvalue weighted by molar-refractivity contribution is -0.160. The minimum absolute atomic E-state index is 0.0735. The zero-order valence-corrected chi connectivity index (χ0v) is 15.9. The van der Waals surface area contributed by atoms with Crippen molar-refractivity contribution in [3.05, 3.63) is 65.7 Å². The van der Waals surface area contributed by atoms with Gasteiger partial charge in [-0.05, 0) is 29.8 Å². The molecule has 0 spiro atoms. The third-order valence-corrected chi connectivity index (χ3v) is 4.66. The summed E-state index contributed by atoms with van der Waals surface area (Å²) in [7, 11) is 1.53. The van der Waals surface area contributed by atoms with E-state index in [1.807, 2.05) is 6.07 Å². The Hall–Kier alpha value is -3.39. The summed E-state index contributed by atoms with van der Waals surface area (Å²) in [6, 6.07) is 14.4. The van der Waals surface area contributed by atoms with Gasteiger partial charge in [0.15, 0.2) is 6.10 Å². The van der Waals surface area contributed by atoms with Gasteiger partial charge in [-0.3, -0.25) is 9.59 Å². The van der Waals surface area contributed by atoms with Gasteiger partial charge in [-0.15, -0.1) is 0 Å². The van der Waals surface area contributed by atoms with E-state index >= 15 is 0 Å². The molecule has 8 heteroatoms. The first kappa shape index (κ1) is 20.3. The van der Waals surface area contributed by atoms with E-state index in [1.54, 1.807) is 48.5 Å². The van der Waals surface area contributed by atoms with Crippen LogP contribution in [0, 0.1) is 0 Å². The lowest BCUT2D eigenvalue weighted by Crippen LogP contribution is -2.52. The molecule has 0 radical (unpaired) electrons. The predicted octanol–water partition coefficient (Wildman–Crippen LogP) is 1.48. The molecule has 2 unspecified atom stereocenters. The fourth-order valence-corrected chi connectivity index (χ4v) is 3.07. The third-order valence-electron chi connectivity index (χ3n) is 4.66. The van der Waals surface area contributed by atoms with Gasteiger partial charge in [0.1, 0.15) is 11.8 Å². The van der Waals surface area contributed by atoms with Gasteiger partial charge in [0.05, 0.1) is 20.3 Å². The van der Waals surface area contributed by atoms with E-state index in [4.69, 9.17) is 9.47 Å². The smallest absolute Gasteiger partial charge is 0.334 e. The van der Waals surface area contributed by atoms with E-state index in [1.165, 1.54) is 12.0 Å². The van der Waals surface area contributed by atoms with Crippen molar-refractivity contribution in [2.24, 2.45) is 0 Å². The van der Waals surface area contributed by atoms with Crippen LogP contribution >= 0.6 is 0 Å². The minimum atomic E-state index is -1.12. The van der Waals surface area contributed by atoms with Crippen molar-refractivity contribution >= 4 is 17.8 Å². The lowest BCUT2D eigenvalue weighted by Gasteiger charge is -2.33.